The molecular formula is C25H25F3N6O2. The summed E-state index contributed by atoms with van der Waals surface area (Å²) in [6, 6.07) is 5.85. The summed E-state index contributed by atoms with van der Waals surface area (Å²) in [5.41, 5.74) is -0.0838. The molecule has 2 aromatic heterocycles. The monoisotopic (exact) mass is 498 g/mol. The second-order valence-electron chi connectivity index (χ2n) is 9.76. The predicted octanol–water partition coefficient (Wildman–Crippen LogP) is 3.75. The summed E-state index contributed by atoms with van der Waals surface area (Å²) in [5, 5.41) is 3.90. The summed E-state index contributed by atoms with van der Waals surface area (Å²) < 4.78 is 47.0. The lowest BCUT2D eigenvalue weighted by Crippen LogP contribution is -2.49. The number of anilines is 2. The first-order valence-electron chi connectivity index (χ1n) is 12.0. The lowest BCUT2D eigenvalue weighted by molar-refractivity contribution is -0.139. The Morgan fingerprint density at radius 3 is 2.72 bits per heavy atom. The maximum Gasteiger partial charge on any atom is 0.419 e. The number of aromatic nitrogens is 3. The number of para-hydroxylation sites is 1. The molecule has 6 rings (SSSR count). The smallest absolute Gasteiger partial charge is 0.419 e. The fourth-order valence-corrected chi connectivity index (χ4v) is 4.96. The van der Waals surface area contributed by atoms with Crippen LogP contribution < -0.4 is 15.0 Å². The van der Waals surface area contributed by atoms with Crippen molar-refractivity contribution in [2.45, 2.75) is 37.4 Å². The number of fused-ring (bicyclic) bond motifs is 6. The van der Waals surface area contributed by atoms with Gasteiger partial charge in [-0.1, -0.05) is 12.1 Å². The van der Waals surface area contributed by atoms with Gasteiger partial charge in [-0.2, -0.15) is 13.2 Å². The first kappa shape index (κ1) is 23.0. The van der Waals surface area contributed by atoms with Crippen molar-refractivity contribution in [1.82, 2.24) is 19.9 Å². The molecule has 2 aliphatic heterocycles. The van der Waals surface area contributed by atoms with Gasteiger partial charge >= 0.3 is 6.18 Å². The van der Waals surface area contributed by atoms with E-state index in [1.54, 1.807) is 23.2 Å². The highest BCUT2D eigenvalue weighted by Gasteiger charge is 2.47. The molecular weight excluding hydrogens is 473 g/mol. The van der Waals surface area contributed by atoms with Crippen LogP contribution >= 0.6 is 0 Å². The van der Waals surface area contributed by atoms with Gasteiger partial charge in [0.15, 0.2) is 0 Å². The van der Waals surface area contributed by atoms with Crippen LogP contribution in [0.15, 0.2) is 30.5 Å². The number of benzene rings is 1. The number of carbonyl (C=O) groups excluding carboxylic acids is 1. The van der Waals surface area contributed by atoms with E-state index in [0.717, 1.165) is 25.5 Å². The number of rotatable bonds is 1. The molecule has 1 spiro atoms. The van der Waals surface area contributed by atoms with E-state index in [-0.39, 0.29) is 30.2 Å². The molecule has 11 heteroatoms. The van der Waals surface area contributed by atoms with Gasteiger partial charge in [0.1, 0.15) is 23.2 Å². The second kappa shape index (κ2) is 8.29. The Kier molecular flexibility index (Phi) is 5.29. The van der Waals surface area contributed by atoms with E-state index in [4.69, 9.17) is 14.7 Å². The molecule has 1 N–H and O–H groups in total. The number of halogens is 3. The number of amides is 1. The maximum absolute atomic E-state index is 13.7. The highest BCUT2D eigenvalue weighted by atomic mass is 19.4. The summed E-state index contributed by atoms with van der Waals surface area (Å²) in [5.74, 6) is 1.47. The lowest BCUT2D eigenvalue weighted by atomic mass is 10.0. The van der Waals surface area contributed by atoms with Crippen LogP contribution in [-0.4, -0.2) is 59.0 Å². The average molecular weight is 499 g/mol. The number of pyridine rings is 1. The molecule has 4 heterocycles. The van der Waals surface area contributed by atoms with Crippen molar-refractivity contribution in [3.63, 3.8) is 0 Å². The van der Waals surface area contributed by atoms with E-state index in [9.17, 15) is 18.0 Å². The maximum atomic E-state index is 13.7. The quantitative estimate of drug-likeness (QED) is 0.547. The Morgan fingerprint density at radius 2 is 1.97 bits per heavy atom. The molecule has 1 amide bonds. The third kappa shape index (κ3) is 4.01. The molecule has 0 radical (unpaired) electrons. The van der Waals surface area contributed by atoms with Crippen LogP contribution in [0.2, 0.25) is 0 Å². The molecule has 2 bridgehead atoms. The van der Waals surface area contributed by atoms with Crippen LogP contribution in [0, 0.1) is 0 Å². The predicted molar refractivity (Wildman–Crippen MR) is 127 cm³/mol. The molecule has 1 saturated carbocycles. The number of ether oxygens (including phenoxy) is 1. The number of carbonyl (C=O) groups is 1. The molecule has 8 nitrogen and oxygen atoms in total. The third-order valence-electron chi connectivity index (χ3n) is 7.26. The van der Waals surface area contributed by atoms with Crippen molar-refractivity contribution < 1.29 is 22.7 Å². The van der Waals surface area contributed by atoms with E-state index in [2.05, 4.69) is 10.3 Å². The number of likely N-dealkylation sites (N-methyl/N-ethyl adjacent to an activating group) is 1. The number of hydrogen-bond donors (Lipinski definition) is 1. The van der Waals surface area contributed by atoms with Gasteiger partial charge in [-0.15, -0.1) is 0 Å². The Balaban J connectivity index is 1.44. The van der Waals surface area contributed by atoms with Gasteiger partial charge in [0.05, 0.1) is 30.4 Å². The number of nitrogens with zero attached hydrogens (tertiary/aromatic N) is 5. The fourth-order valence-electron chi connectivity index (χ4n) is 4.96. The molecule has 188 valence electrons. The minimum Gasteiger partial charge on any atom is -0.493 e. The fraction of sp³-hybridized carbons (Fsp3) is 0.440. The van der Waals surface area contributed by atoms with Crippen LogP contribution in [0.4, 0.5) is 24.8 Å². The van der Waals surface area contributed by atoms with Crippen LogP contribution in [0.5, 0.6) is 5.75 Å². The number of nitrogens with one attached hydrogen (secondary N) is 1. The molecule has 0 unspecified atom stereocenters. The standard InChI is InChI=1S/C25H25F3N6O2/c1-33-8-9-34(20(35)14-33)19-11-16-18(13-29-19)31-23-24(5-6-24)7-10-36-21-15(12-30-22(16)32-23)3-2-4-17(21)25(26,27)28/h2-4,11,13H,5-10,12,14H2,1H3,(H,30,31,32). The van der Waals surface area contributed by atoms with Gasteiger partial charge in [0, 0.05) is 36.0 Å². The van der Waals surface area contributed by atoms with Gasteiger partial charge in [-0.3, -0.25) is 14.6 Å². The highest BCUT2D eigenvalue weighted by molar-refractivity contribution is 5.98. The van der Waals surface area contributed by atoms with Crippen LogP contribution in [0.3, 0.4) is 0 Å². The molecule has 1 aliphatic carbocycles. The minimum atomic E-state index is -4.53. The van der Waals surface area contributed by atoms with Crippen LogP contribution in [-0.2, 0) is 22.9 Å². The molecule has 36 heavy (non-hydrogen) atoms. The molecule has 3 aliphatic rings. The first-order chi connectivity index (χ1) is 17.2. The molecule has 3 aromatic rings. The normalized spacial score (nSPS) is 19.9. The lowest BCUT2D eigenvalue weighted by Gasteiger charge is -2.31. The molecule has 2 fully saturated rings. The van der Waals surface area contributed by atoms with E-state index in [1.807, 2.05) is 11.9 Å². The SMILES string of the molecule is CN1CCN(c2cc3c4nc(nc3cn2)C2(CCOc3c(cccc3C(F)(F)F)CN4)CC2)C(=O)C1. The van der Waals surface area contributed by atoms with Crippen molar-refractivity contribution in [3.8, 4) is 5.75 Å². The van der Waals surface area contributed by atoms with Gasteiger partial charge < -0.3 is 10.1 Å². The second-order valence-corrected chi connectivity index (χ2v) is 9.76. The summed E-state index contributed by atoms with van der Waals surface area (Å²) in [6.45, 7) is 1.78. The van der Waals surface area contributed by atoms with Crippen molar-refractivity contribution in [3.05, 3.63) is 47.4 Å². The van der Waals surface area contributed by atoms with Gasteiger partial charge in [-0.25, -0.2) is 15.0 Å². The Morgan fingerprint density at radius 1 is 1.14 bits per heavy atom. The van der Waals surface area contributed by atoms with Gasteiger partial charge in [0.25, 0.3) is 0 Å². The van der Waals surface area contributed by atoms with Crippen molar-refractivity contribution in [2.24, 2.45) is 0 Å². The Bertz CT molecular complexity index is 1360. The Labute approximate surface area is 205 Å². The largest absolute Gasteiger partial charge is 0.493 e. The summed E-state index contributed by atoms with van der Waals surface area (Å²) in [6.07, 6.45) is -0.672. The van der Waals surface area contributed by atoms with Crippen LogP contribution in [0.1, 0.15) is 36.2 Å². The first-order valence-corrected chi connectivity index (χ1v) is 12.0. The number of alkyl halides is 3. The zero-order valence-electron chi connectivity index (χ0n) is 19.7. The van der Waals surface area contributed by atoms with E-state index in [0.29, 0.717) is 53.4 Å². The summed E-state index contributed by atoms with van der Waals surface area (Å²) in [7, 11) is 1.90. The average Bonchev–Trinajstić information content (AvgIpc) is 3.63. The van der Waals surface area contributed by atoms with E-state index in [1.165, 1.54) is 6.07 Å². The zero-order valence-corrected chi connectivity index (χ0v) is 19.7. The van der Waals surface area contributed by atoms with Crippen molar-refractivity contribution in [2.75, 3.05) is 43.5 Å². The topological polar surface area (TPSA) is 83.5 Å². The summed E-state index contributed by atoms with van der Waals surface area (Å²) in [4.78, 5) is 30.4. The molecule has 0 atom stereocenters. The van der Waals surface area contributed by atoms with Crippen molar-refractivity contribution in [1.29, 1.82) is 0 Å². The van der Waals surface area contributed by atoms with E-state index < -0.39 is 11.7 Å². The molecule has 1 saturated heterocycles. The van der Waals surface area contributed by atoms with Gasteiger partial charge in [0.2, 0.25) is 5.91 Å². The van der Waals surface area contributed by atoms with Gasteiger partial charge in [-0.05, 0) is 38.4 Å². The zero-order chi connectivity index (χ0) is 25.1. The highest BCUT2D eigenvalue weighted by Crippen LogP contribution is 2.51. The summed E-state index contributed by atoms with van der Waals surface area (Å²) >= 11 is 0. The number of hydrogen-bond acceptors (Lipinski definition) is 7. The van der Waals surface area contributed by atoms with Crippen LogP contribution in [0.25, 0.3) is 10.9 Å². The third-order valence-corrected chi connectivity index (χ3v) is 7.26. The Hall–Kier alpha value is -3.47. The minimum absolute atomic E-state index is 0.0452. The van der Waals surface area contributed by atoms with Crippen molar-refractivity contribution >= 4 is 28.4 Å². The van der Waals surface area contributed by atoms with E-state index >= 15 is 0 Å². The number of piperazine rings is 1. The molecule has 1 aromatic carbocycles.